The minimum atomic E-state index is -3.56. The van der Waals surface area contributed by atoms with E-state index in [2.05, 4.69) is 9.71 Å². The second-order valence-electron chi connectivity index (χ2n) is 4.39. The number of rotatable bonds is 5. The van der Waals surface area contributed by atoms with Gasteiger partial charge in [-0.05, 0) is 37.3 Å². The number of nitrogens with zero attached hydrogens (tertiary/aromatic N) is 1. The van der Waals surface area contributed by atoms with Crippen LogP contribution in [0, 0.1) is 0 Å². The van der Waals surface area contributed by atoms with Gasteiger partial charge in [0.1, 0.15) is 5.15 Å². The molecule has 1 N–H and O–H groups in total. The van der Waals surface area contributed by atoms with E-state index in [4.69, 9.17) is 16.3 Å². The number of benzene rings is 1. The lowest BCUT2D eigenvalue weighted by Crippen LogP contribution is -2.31. The van der Waals surface area contributed by atoms with Crippen LogP contribution in [-0.4, -0.2) is 33.2 Å². The summed E-state index contributed by atoms with van der Waals surface area (Å²) in [5.41, 5.74) is 0.654. The van der Waals surface area contributed by atoms with Gasteiger partial charge in [0, 0.05) is 19.0 Å². The maximum atomic E-state index is 12.2. The molecule has 2 aromatic rings. The number of fused-ring (bicyclic) bond motifs is 1. The summed E-state index contributed by atoms with van der Waals surface area (Å²) < 4.78 is 31.8. The maximum absolute atomic E-state index is 12.2. The Morgan fingerprint density at radius 2 is 2.10 bits per heavy atom. The molecule has 5 nitrogen and oxygen atoms in total. The first-order chi connectivity index (χ1) is 9.42. The Bertz CT molecular complexity index is 719. The molecule has 0 radical (unpaired) electrons. The third-order valence-electron chi connectivity index (χ3n) is 2.90. The lowest BCUT2D eigenvalue weighted by Gasteiger charge is -2.11. The lowest BCUT2D eigenvalue weighted by molar-refractivity contribution is 0.122. The quantitative estimate of drug-likeness (QED) is 0.859. The lowest BCUT2D eigenvalue weighted by atomic mass is 10.2. The van der Waals surface area contributed by atoms with E-state index in [1.165, 1.54) is 13.2 Å². The zero-order chi connectivity index (χ0) is 14.8. The van der Waals surface area contributed by atoms with E-state index in [-0.39, 0.29) is 17.5 Å². The normalized spacial score (nSPS) is 13.6. The summed E-state index contributed by atoms with van der Waals surface area (Å²) in [5.74, 6) is 0. The molecule has 0 amide bonds. The Balaban J connectivity index is 2.30. The molecule has 0 bridgehead atoms. The van der Waals surface area contributed by atoms with Crippen molar-refractivity contribution in [1.82, 2.24) is 9.71 Å². The predicted molar refractivity (Wildman–Crippen MR) is 78.4 cm³/mol. The van der Waals surface area contributed by atoms with E-state index in [9.17, 15) is 8.42 Å². The van der Waals surface area contributed by atoms with Gasteiger partial charge in [0.05, 0.1) is 16.5 Å². The zero-order valence-electron chi connectivity index (χ0n) is 11.1. The van der Waals surface area contributed by atoms with E-state index < -0.39 is 10.0 Å². The predicted octanol–water partition coefficient (Wildman–Crippen LogP) is 2.20. The minimum absolute atomic E-state index is 0.189. The second-order valence-corrected chi connectivity index (χ2v) is 6.54. The third-order valence-corrected chi connectivity index (χ3v) is 4.53. The molecule has 1 heterocycles. The molecule has 108 valence electrons. The van der Waals surface area contributed by atoms with Crippen molar-refractivity contribution < 1.29 is 13.2 Å². The van der Waals surface area contributed by atoms with Crippen molar-refractivity contribution in [2.45, 2.75) is 17.9 Å². The number of hydrogen-bond donors (Lipinski definition) is 1. The monoisotopic (exact) mass is 314 g/mol. The largest absolute Gasteiger partial charge is 0.380 e. The number of methoxy groups -OCH3 is 1. The Hall–Kier alpha value is -1.21. The molecule has 0 fully saturated rings. The van der Waals surface area contributed by atoms with Crippen LogP contribution in [0.25, 0.3) is 10.9 Å². The highest BCUT2D eigenvalue weighted by Crippen LogP contribution is 2.19. The van der Waals surface area contributed by atoms with Gasteiger partial charge >= 0.3 is 0 Å². The summed E-state index contributed by atoms with van der Waals surface area (Å²) in [6.45, 7) is 2.00. The summed E-state index contributed by atoms with van der Waals surface area (Å²) in [6.07, 6.45) is -0.189. The van der Waals surface area contributed by atoms with Crippen molar-refractivity contribution in [3.8, 4) is 0 Å². The summed E-state index contributed by atoms with van der Waals surface area (Å²) in [7, 11) is -2.03. The number of nitrogens with one attached hydrogen (secondary N) is 1. The number of hydrogen-bond acceptors (Lipinski definition) is 4. The fraction of sp³-hybridized carbons (Fsp3) is 0.308. The van der Waals surface area contributed by atoms with Crippen LogP contribution >= 0.6 is 11.6 Å². The van der Waals surface area contributed by atoms with Crippen molar-refractivity contribution in [3.63, 3.8) is 0 Å². The fourth-order valence-corrected chi connectivity index (χ4v) is 2.94. The molecular formula is C13H15ClN2O3S. The van der Waals surface area contributed by atoms with E-state index in [0.717, 1.165) is 5.39 Å². The van der Waals surface area contributed by atoms with Gasteiger partial charge in [-0.2, -0.15) is 0 Å². The fourth-order valence-electron chi connectivity index (χ4n) is 1.64. The molecule has 1 atom stereocenters. The van der Waals surface area contributed by atoms with Gasteiger partial charge < -0.3 is 4.74 Å². The summed E-state index contributed by atoms with van der Waals surface area (Å²) >= 11 is 5.79. The Labute approximate surface area is 123 Å². The van der Waals surface area contributed by atoms with Crippen LogP contribution in [0.4, 0.5) is 0 Å². The smallest absolute Gasteiger partial charge is 0.240 e. The molecule has 1 aromatic carbocycles. The van der Waals surface area contributed by atoms with E-state index >= 15 is 0 Å². The van der Waals surface area contributed by atoms with Crippen LogP contribution in [0.2, 0.25) is 5.15 Å². The van der Waals surface area contributed by atoms with Gasteiger partial charge in [0.2, 0.25) is 10.0 Å². The summed E-state index contributed by atoms with van der Waals surface area (Å²) in [6, 6.07) is 8.07. The number of ether oxygens (including phenoxy) is 1. The van der Waals surface area contributed by atoms with Crippen molar-refractivity contribution in [1.29, 1.82) is 0 Å². The molecule has 0 aliphatic rings. The first-order valence-electron chi connectivity index (χ1n) is 6.01. The molecule has 1 aromatic heterocycles. The molecule has 0 aliphatic carbocycles. The van der Waals surface area contributed by atoms with Crippen molar-refractivity contribution in [2.75, 3.05) is 13.7 Å². The highest BCUT2D eigenvalue weighted by molar-refractivity contribution is 7.89. The highest BCUT2D eigenvalue weighted by atomic mass is 35.5. The zero-order valence-corrected chi connectivity index (χ0v) is 12.7. The van der Waals surface area contributed by atoms with E-state index in [1.54, 1.807) is 31.2 Å². The standard InChI is InChI=1S/C13H15ClN2O3S/c1-9(19-2)8-15-20(17,18)11-4-5-12-10(7-11)3-6-13(14)16-12/h3-7,9,15H,8H2,1-2H3. The molecule has 0 saturated carbocycles. The molecule has 7 heteroatoms. The Kier molecular flexibility index (Phi) is 4.59. The van der Waals surface area contributed by atoms with Gasteiger partial charge in [-0.15, -0.1) is 0 Å². The number of sulfonamides is 1. The van der Waals surface area contributed by atoms with Crippen LogP contribution in [0.1, 0.15) is 6.92 Å². The van der Waals surface area contributed by atoms with Gasteiger partial charge in [0.15, 0.2) is 0 Å². The topological polar surface area (TPSA) is 68.3 Å². The number of halogens is 1. The van der Waals surface area contributed by atoms with Gasteiger partial charge in [0.25, 0.3) is 0 Å². The maximum Gasteiger partial charge on any atom is 0.240 e. The molecule has 0 spiro atoms. The molecule has 0 saturated heterocycles. The molecule has 0 aliphatic heterocycles. The molecule has 1 unspecified atom stereocenters. The number of pyridine rings is 1. The van der Waals surface area contributed by atoms with Crippen LogP contribution in [0.15, 0.2) is 35.2 Å². The van der Waals surface area contributed by atoms with Crippen LogP contribution in [0.5, 0.6) is 0 Å². The third kappa shape index (κ3) is 3.46. The first-order valence-corrected chi connectivity index (χ1v) is 7.87. The van der Waals surface area contributed by atoms with Crippen LogP contribution in [0.3, 0.4) is 0 Å². The average Bonchev–Trinajstić information content (AvgIpc) is 2.44. The molecule has 20 heavy (non-hydrogen) atoms. The van der Waals surface area contributed by atoms with E-state index in [0.29, 0.717) is 10.7 Å². The van der Waals surface area contributed by atoms with Crippen LogP contribution in [-0.2, 0) is 14.8 Å². The highest BCUT2D eigenvalue weighted by Gasteiger charge is 2.15. The minimum Gasteiger partial charge on any atom is -0.380 e. The average molecular weight is 315 g/mol. The van der Waals surface area contributed by atoms with Crippen molar-refractivity contribution in [3.05, 3.63) is 35.5 Å². The van der Waals surface area contributed by atoms with Gasteiger partial charge in [-0.3, -0.25) is 0 Å². The Morgan fingerprint density at radius 3 is 2.80 bits per heavy atom. The SMILES string of the molecule is COC(C)CNS(=O)(=O)c1ccc2nc(Cl)ccc2c1. The van der Waals surface area contributed by atoms with Crippen molar-refractivity contribution >= 4 is 32.5 Å². The molecule has 2 rings (SSSR count). The van der Waals surface area contributed by atoms with Gasteiger partial charge in [-0.1, -0.05) is 11.6 Å². The summed E-state index contributed by atoms with van der Waals surface area (Å²) in [5, 5.41) is 1.09. The second kappa shape index (κ2) is 6.05. The van der Waals surface area contributed by atoms with Gasteiger partial charge in [-0.25, -0.2) is 18.1 Å². The number of aromatic nitrogens is 1. The van der Waals surface area contributed by atoms with Crippen molar-refractivity contribution in [2.24, 2.45) is 0 Å². The summed E-state index contributed by atoms with van der Waals surface area (Å²) in [4.78, 5) is 4.31. The van der Waals surface area contributed by atoms with E-state index in [1.807, 2.05) is 0 Å². The first kappa shape index (κ1) is 15.2. The molecular weight excluding hydrogens is 300 g/mol. The van der Waals surface area contributed by atoms with Crippen LogP contribution < -0.4 is 4.72 Å². The Morgan fingerprint density at radius 1 is 1.35 bits per heavy atom.